The highest BCUT2D eigenvalue weighted by atomic mass is 16.6. The van der Waals surface area contributed by atoms with Gasteiger partial charge in [-0.1, -0.05) is 13.8 Å². The van der Waals surface area contributed by atoms with Crippen molar-refractivity contribution in [1.82, 2.24) is 4.90 Å². The Labute approximate surface area is 150 Å². The Morgan fingerprint density at radius 3 is 2.32 bits per heavy atom. The lowest BCUT2D eigenvalue weighted by molar-refractivity contribution is -0.149. The molecular formula is C20H30N2O3. The van der Waals surface area contributed by atoms with Crippen LogP contribution in [0.15, 0.2) is 24.3 Å². The van der Waals surface area contributed by atoms with Crippen molar-refractivity contribution < 1.29 is 14.6 Å². The lowest BCUT2D eigenvalue weighted by Crippen LogP contribution is -2.47. The van der Waals surface area contributed by atoms with E-state index in [1.807, 2.05) is 12.1 Å². The number of carbonyl (C=O) groups is 1. The third-order valence-corrected chi connectivity index (χ3v) is 6.03. The number of piperazine rings is 1. The number of cyclic esters (lactones) is 1. The van der Waals surface area contributed by atoms with Crippen molar-refractivity contribution in [2.75, 3.05) is 37.6 Å². The molecule has 138 valence electrons. The zero-order chi connectivity index (χ0) is 17.9. The van der Waals surface area contributed by atoms with Crippen LogP contribution in [0.2, 0.25) is 0 Å². The second-order valence-electron chi connectivity index (χ2n) is 7.35. The van der Waals surface area contributed by atoms with E-state index in [4.69, 9.17) is 4.74 Å². The number of rotatable bonds is 6. The van der Waals surface area contributed by atoms with Gasteiger partial charge in [0.1, 0.15) is 11.9 Å². The minimum Gasteiger partial charge on any atom is -0.508 e. The Bertz CT molecular complexity index is 575. The zero-order valence-corrected chi connectivity index (χ0v) is 15.4. The normalized spacial score (nSPS) is 23.7. The molecule has 3 rings (SSSR count). The molecule has 0 radical (unpaired) electrons. The van der Waals surface area contributed by atoms with Crippen LogP contribution in [0.1, 0.15) is 39.5 Å². The Balaban J connectivity index is 1.44. The average Bonchev–Trinajstić information content (AvgIpc) is 2.97. The standard InChI is InChI=1S/C20H30N2O3/c1-3-20(4-2)15-18(25-19(20)24)9-10-21-11-13-22(14-12-21)16-5-7-17(23)8-6-16/h5-8,18,23H,3-4,9-15H2,1-2H3/t18-/m0/s1. The van der Waals surface area contributed by atoms with E-state index in [-0.39, 0.29) is 17.5 Å². The van der Waals surface area contributed by atoms with Gasteiger partial charge in [0.15, 0.2) is 0 Å². The second kappa shape index (κ2) is 7.65. The van der Waals surface area contributed by atoms with Crippen LogP contribution >= 0.6 is 0 Å². The number of ether oxygens (including phenoxy) is 1. The van der Waals surface area contributed by atoms with E-state index in [0.717, 1.165) is 64.1 Å². The first-order valence-electron chi connectivity index (χ1n) is 9.54. The molecule has 2 aliphatic rings. The highest BCUT2D eigenvalue weighted by Gasteiger charge is 2.46. The average molecular weight is 346 g/mol. The van der Waals surface area contributed by atoms with Gasteiger partial charge >= 0.3 is 5.97 Å². The molecule has 0 saturated carbocycles. The van der Waals surface area contributed by atoms with E-state index in [1.54, 1.807) is 12.1 Å². The smallest absolute Gasteiger partial charge is 0.312 e. The number of hydrogen-bond acceptors (Lipinski definition) is 5. The topological polar surface area (TPSA) is 53.0 Å². The van der Waals surface area contributed by atoms with Crippen LogP contribution in [0, 0.1) is 5.41 Å². The summed E-state index contributed by atoms with van der Waals surface area (Å²) in [6, 6.07) is 7.42. The Morgan fingerprint density at radius 1 is 1.12 bits per heavy atom. The number of benzene rings is 1. The molecule has 1 aromatic carbocycles. The maximum Gasteiger partial charge on any atom is 0.312 e. The molecule has 2 saturated heterocycles. The number of nitrogens with zero attached hydrogens (tertiary/aromatic N) is 2. The van der Waals surface area contributed by atoms with Crippen molar-refractivity contribution >= 4 is 11.7 Å². The summed E-state index contributed by atoms with van der Waals surface area (Å²) in [6.07, 6.45) is 3.66. The van der Waals surface area contributed by atoms with E-state index in [0.29, 0.717) is 5.75 Å². The van der Waals surface area contributed by atoms with E-state index < -0.39 is 0 Å². The molecule has 0 spiro atoms. The van der Waals surface area contributed by atoms with Gasteiger partial charge in [0.25, 0.3) is 0 Å². The molecule has 2 heterocycles. The molecule has 0 aliphatic carbocycles. The lowest BCUT2D eigenvalue weighted by atomic mass is 9.79. The molecule has 0 aromatic heterocycles. The van der Waals surface area contributed by atoms with Crippen molar-refractivity contribution in [3.05, 3.63) is 24.3 Å². The summed E-state index contributed by atoms with van der Waals surface area (Å²) in [5.74, 6) is 0.323. The van der Waals surface area contributed by atoms with Crippen LogP contribution < -0.4 is 4.90 Å². The predicted molar refractivity (Wildman–Crippen MR) is 98.9 cm³/mol. The number of aromatic hydroxyl groups is 1. The molecule has 1 aromatic rings. The fourth-order valence-corrected chi connectivity index (χ4v) is 4.05. The summed E-state index contributed by atoms with van der Waals surface area (Å²) < 4.78 is 5.65. The van der Waals surface area contributed by atoms with Gasteiger partial charge < -0.3 is 14.7 Å². The second-order valence-corrected chi connectivity index (χ2v) is 7.35. The minimum atomic E-state index is -0.234. The number of hydrogen-bond donors (Lipinski definition) is 1. The molecular weight excluding hydrogens is 316 g/mol. The van der Waals surface area contributed by atoms with Crippen molar-refractivity contribution in [3.63, 3.8) is 0 Å². The van der Waals surface area contributed by atoms with Gasteiger partial charge in [-0.2, -0.15) is 0 Å². The van der Waals surface area contributed by atoms with Gasteiger partial charge in [0, 0.05) is 44.8 Å². The Kier molecular flexibility index (Phi) is 5.52. The monoisotopic (exact) mass is 346 g/mol. The van der Waals surface area contributed by atoms with Gasteiger partial charge in [0.2, 0.25) is 0 Å². The Morgan fingerprint density at radius 2 is 1.76 bits per heavy atom. The summed E-state index contributed by atoms with van der Waals surface area (Å²) in [7, 11) is 0. The summed E-state index contributed by atoms with van der Waals surface area (Å²) >= 11 is 0. The van der Waals surface area contributed by atoms with Crippen molar-refractivity contribution in [2.24, 2.45) is 5.41 Å². The zero-order valence-electron chi connectivity index (χ0n) is 15.4. The summed E-state index contributed by atoms with van der Waals surface area (Å²) in [4.78, 5) is 17.0. The molecule has 1 atom stereocenters. The van der Waals surface area contributed by atoms with E-state index in [2.05, 4.69) is 23.6 Å². The molecule has 0 unspecified atom stereocenters. The summed E-state index contributed by atoms with van der Waals surface area (Å²) in [5.41, 5.74) is 0.931. The summed E-state index contributed by atoms with van der Waals surface area (Å²) in [5, 5.41) is 9.40. The van der Waals surface area contributed by atoms with E-state index >= 15 is 0 Å². The van der Waals surface area contributed by atoms with Crippen LogP contribution in [-0.2, 0) is 9.53 Å². The summed E-state index contributed by atoms with van der Waals surface area (Å²) in [6.45, 7) is 9.20. The van der Waals surface area contributed by atoms with Gasteiger partial charge in [-0.15, -0.1) is 0 Å². The Hall–Kier alpha value is -1.75. The van der Waals surface area contributed by atoms with Gasteiger partial charge in [0.05, 0.1) is 5.41 Å². The number of esters is 1. The molecule has 1 N–H and O–H groups in total. The van der Waals surface area contributed by atoms with Crippen LogP contribution in [0.5, 0.6) is 5.75 Å². The van der Waals surface area contributed by atoms with Gasteiger partial charge in [-0.3, -0.25) is 9.69 Å². The SMILES string of the molecule is CCC1(CC)C[C@H](CCN2CCN(c3ccc(O)cc3)CC2)OC1=O. The molecule has 0 amide bonds. The van der Waals surface area contributed by atoms with Crippen LogP contribution in [0.4, 0.5) is 5.69 Å². The van der Waals surface area contributed by atoms with E-state index in [9.17, 15) is 9.90 Å². The first-order chi connectivity index (χ1) is 12.1. The predicted octanol–water partition coefficient (Wildman–Crippen LogP) is 3.03. The molecule has 5 heteroatoms. The molecule has 25 heavy (non-hydrogen) atoms. The third kappa shape index (κ3) is 3.92. The number of phenolic OH excluding ortho intramolecular Hbond substituents is 1. The highest BCUT2D eigenvalue weighted by Crippen LogP contribution is 2.41. The maximum absolute atomic E-state index is 12.2. The number of phenols is 1. The van der Waals surface area contributed by atoms with Crippen LogP contribution in [-0.4, -0.2) is 54.8 Å². The van der Waals surface area contributed by atoms with Crippen molar-refractivity contribution in [3.8, 4) is 5.75 Å². The number of carbonyl (C=O) groups excluding carboxylic acids is 1. The van der Waals surface area contributed by atoms with Crippen molar-refractivity contribution in [2.45, 2.75) is 45.6 Å². The van der Waals surface area contributed by atoms with Crippen molar-refractivity contribution in [1.29, 1.82) is 0 Å². The van der Waals surface area contributed by atoms with Gasteiger partial charge in [-0.25, -0.2) is 0 Å². The largest absolute Gasteiger partial charge is 0.508 e. The van der Waals surface area contributed by atoms with Crippen LogP contribution in [0.25, 0.3) is 0 Å². The first kappa shape index (κ1) is 18.1. The lowest BCUT2D eigenvalue weighted by Gasteiger charge is -2.36. The fraction of sp³-hybridized carbons (Fsp3) is 0.650. The number of anilines is 1. The quantitative estimate of drug-likeness (QED) is 0.803. The highest BCUT2D eigenvalue weighted by molar-refractivity contribution is 5.78. The minimum absolute atomic E-state index is 0.0136. The maximum atomic E-state index is 12.2. The molecule has 5 nitrogen and oxygen atoms in total. The van der Waals surface area contributed by atoms with E-state index in [1.165, 1.54) is 0 Å². The molecule has 2 aliphatic heterocycles. The van der Waals surface area contributed by atoms with Crippen LogP contribution in [0.3, 0.4) is 0 Å². The molecule has 0 bridgehead atoms. The first-order valence-corrected chi connectivity index (χ1v) is 9.54. The third-order valence-electron chi connectivity index (χ3n) is 6.03. The van der Waals surface area contributed by atoms with Gasteiger partial charge in [-0.05, 0) is 43.5 Å². The molecule has 2 fully saturated rings. The fourth-order valence-electron chi connectivity index (χ4n) is 4.05.